The van der Waals surface area contributed by atoms with Crippen LogP contribution in [0.15, 0.2) is 6.20 Å². The van der Waals surface area contributed by atoms with Crippen molar-refractivity contribution < 1.29 is 27.5 Å². The molecule has 4 rings (SSSR count). The molecule has 1 aromatic heterocycles. The first-order chi connectivity index (χ1) is 13.3. The highest BCUT2D eigenvalue weighted by Crippen LogP contribution is 2.39. The number of hydrogen-bond donors (Lipinski definition) is 1. The number of nitrogens with one attached hydrogen (secondary N) is 1. The zero-order chi connectivity index (χ0) is 19.9. The fraction of sp³-hybridized carbons (Fsp3) is 0.722. The van der Waals surface area contributed by atoms with Gasteiger partial charge in [0.15, 0.2) is 5.69 Å². The first kappa shape index (κ1) is 19.1. The third kappa shape index (κ3) is 3.44. The molecule has 0 bridgehead atoms. The smallest absolute Gasteiger partial charge is 0.433 e. The van der Waals surface area contributed by atoms with Crippen molar-refractivity contribution in [1.29, 1.82) is 0 Å². The minimum Gasteiger partial charge on any atom is -0.441 e. The number of H-pyrrole nitrogens is 1. The predicted molar refractivity (Wildman–Crippen MR) is 91.5 cm³/mol. The Morgan fingerprint density at radius 3 is 2.54 bits per heavy atom. The van der Waals surface area contributed by atoms with Crippen molar-refractivity contribution in [3.05, 3.63) is 17.5 Å². The summed E-state index contributed by atoms with van der Waals surface area (Å²) in [6, 6.07) is -0.0516. The summed E-state index contributed by atoms with van der Waals surface area (Å²) >= 11 is 0. The van der Waals surface area contributed by atoms with Crippen molar-refractivity contribution in [2.75, 3.05) is 19.6 Å². The van der Waals surface area contributed by atoms with Gasteiger partial charge in [-0.05, 0) is 38.5 Å². The van der Waals surface area contributed by atoms with E-state index in [2.05, 4.69) is 5.10 Å². The Hall–Kier alpha value is -2.26. The predicted octanol–water partition coefficient (Wildman–Crippen LogP) is 3.19. The minimum atomic E-state index is -4.66. The summed E-state index contributed by atoms with van der Waals surface area (Å²) in [6.45, 7) is 1.16. The topological polar surface area (TPSA) is 78.5 Å². The number of alkyl halides is 3. The molecule has 3 fully saturated rings. The first-order valence-electron chi connectivity index (χ1n) is 9.69. The van der Waals surface area contributed by atoms with E-state index in [1.54, 1.807) is 4.90 Å². The van der Waals surface area contributed by atoms with E-state index in [4.69, 9.17) is 4.74 Å². The number of aromatic amines is 1. The van der Waals surface area contributed by atoms with Crippen LogP contribution in [-0.4, -0.2) is 63.3 Å². The van der Waals surface area contributed by atoms with Crippen molar-refractivity contribution in [2.45, 2.75) is 62.8 Å². The molecule has 1 saturated carbocycles. The summed E-state index contributed by atoms with van der Waals surface area (Å²) in [7, 11) is 0. The van der Waals surface area contributed by atoms with E-state index in [0.717, 1.165) is 38.3 Å². The van der Waals surface area contributed by atoms with E-state index >= 15 is 0 Å². The van der Waals surface area contributed by atoms with Gasteiger partial charge in [0.05, 0.1) is 18.3 Å². The standard InChI is InChI=1S/C18H23F3N4O3/c19-18(20,21)14-13(10-22-23-14)15(26)24-8-4-12(5-9-24)25-11-17(28-16(25)27)6-2-1-3-7-17/h10,12H,1-9,11H2,(H,22,23). The lowest BCUT2D eigenvalue weighted by Crippen LogP contribution is -2.48. The number of aromatic nitrogens is 2. The molecule has 2 amide bonds. The third-order valence-electron chi connectivity index (χ3n) is 6.11. The largest absolute Gasteiger partial charge is 0.441 e. The number of hydrogen-bond acceptors (Lipinski definition) is 4. The molecule has 1 aliphatic carbocycles. The number of piperidine rings is 1. The second-order valence-corrected chi connectivity index (χ2v) is 7.92. The van der Waals surface area contributed by atoms with Crippen LogP contribution in [0.2, 0.25) is 0 Å². The molecule has 3 heterocycles. The van der Waals surface area contributed by atoms with E-state index in [0.29, 0.717) is 32.5 Å². The van der Waals surface area contributed by atoms with Gasteiger partial charge in [-0.2, -0.15) is 18.3 Å². The van der Waals surface area contributed by atoms with E-state index < -0.39 is 23.3 Å². The molecule has 154 valence electrons. The highest BCUT2D eigenvalue weighted by atomic mass is 19.4. The Morgan fingerprint density at radius 1 is 1.21 bits per heavy atom. The Bertz CT molecular complexity index is 750. The van der Waals surface area contributed by atoms with Crippen molar-refractivity contribution in [2.24, 2.45) is 0 Å². The first-order valence-corrected chi connectivity index (χ1v) is 9.69. The molecule has 2 saturated heterocycles. The number of likely N-dealkylation sites (tertiary alicyclic amines) is 1. The normalized spacial score (nSPS) is 23.3. The van der Waals surface area contributed by atoms with Gasteiger partial charge in [-0.25, -0.2) is 4.79 Å². The van der Waals surface area contributed by atoms with Crippen LogP contribution in [0.3, 0.4) is 0 Å². The maximum Gasteiger partial charge on any atom is 0.433 e. The lowest BCUT2D eigenvalue weighted by molar-refractivity contribution is -0.141. The molecular formula is C18H23F3N4O3. The third-order valence-corrected chi connectivity index (χ3v) is 6.11. The molecule has 28 heavy (non-hydrogen) atoms. The minimum absolute atomic E-state index is 0.0516. The molecule has 1 N–H and O–H groups in total. The van der Waals surface area contributed by atoms with Gasteiger partial charge < -0.3 is 14.5 Å². The van der Waals surface area contributed by atoms with Gasteiger partial charge in [-0.15, -0.1) is 0 Å². The molecule has 0 radical (unpaired) electrons. The lowest BCUT2D eigenvalue weighted by Gasteiger charge is -2.36. The monoisotopic (exact) mass is 400 g/mol. The zero-order valence-electron chi connectivity index (χ0n) is 15.4. The van der Waals surface area contributed by atoms with E-state index in [1.165, 1.54) is 4.90 Å². The van der Waals surface area contributed by atoms with Crippen molar-refractivity contribution in [3.63, 3.8) is 0 Å². The summed E-state index contributed by atoms with van der Waals surface area (Å²) in [6.07, 6.45) is 2.04. The van der Waals surface area contributed by atoms with Crippen molar-refractivity contribution in [1.82, 2.24) is 20.0 Å². The number of halogens is 3. The maximum absolute atomic E-state index is 13.0. The molecule has 1 spiro atoms. The molecular weight excluding hydrogens is 377 g/mol. The maximum atomic E-state index is 13.0. The fourth-order valence-corrected chi connectivity index (χ4v) is 4.60. The lowest BCUT2D eigenvalue weighted by atomic mass is 9.84. The molecule has 0 atom stereocenters. The highest BCUT2D eigenvalue weighted by Gasteiger charge is 2.48. The Morgan fingerprint density at radius 2 is 1.89 bits per heavy atom. The van der Waals surface area contributed by atoms with Crippen LogP contribution < -0.4 is 0 Å². The Labute approximate surface area is 160 Å². The van der Waals surface area contributed by atoms with Gasteiger partial charge in [0.1, 0.15) is 5.60 Å². The second kappa shape index (κ2) is 6.97. The number of carbonyl (C=O) groups is 2. The molecule has 1 aromatic rings. The van der Waals surface area contributed by atoms with Crippen molar-refractivity contribution in [3.8, 4) is 0 Å². The average molecular weight is 400 g/mol. The number of rotatable bonds is 2. The van der Waals surface area contributed by atoms with E-state index in [-0.39, 0.29) is 17.7 Å². The van der Waals surface area contributed by atoms with Gasteiger partial charge >= 0.3 is 12.3 Å². The van der Waals surface area contributed by atoms with Crippen LogP contribution in [0.5, 0.6) is 0 Å². The van der Waals surface area contributed by atoms with E-state index in [1.807, 2.05) is 5.10 Å². The Kier molecular flexibility index (Phi) is 4.75. The van der Waals surface area contributed by atoms with Gasteiger partial charge in [0, 0.05) is 19.1 Å². The quantitative estimate of drug-likeness (QED) is 0.827. The summed E-state index contributed by atoms with van der Waals surface area (Å²) in [5.41, 5.74) is -1.96. The number of nitrogens with zero attached hydrogens (tertiary/aromatic N) is 3. The van der Waals surface area contributed by atoms with Crippen LogP contribution in [0, 0.1) is 0 Å². The van der Waals surface area contributed by atoms with Gasteiger partial charge in [0.25, 0.3) is 5.91 Å². The second-order valence-electron chi connectivity index (χ2n) is 7.92. The molecule has 2 aliphatic heterocycles. The SMILES string of the molecule is O=C(c1cn[nH]c1C(F)(F)F)N1CCC(N2CC3(CCCCC3)OC2=O)CC1. The van der Waals surface area contributed by atoms with Gasteiger partial charge in [0.2, 0.25) is 0 Å². The number of ether oxygens (including phenoxy) is 1. The summed E-state index contributed by atoms with van der Waals surface area (Å²) in [5.74, 6) is -0.688. The molecule has 10 heteroatoms. The van der Waals surface area contributed by atoms with E-state index in [9.17, 15) is 22.8 Å². The van der Waals surface area contributed by atoms with Crippen LogP contribution >= 0.6 is 0 Å². The Balaban J connectivity index is 1.38. The number of amides is 2. The van der Waals surface area contributed by atoms with Gasteiger partial charge in [-0.1, -0.05) is 6.42 Å². The zero-order valence-corrected chi connectivity index (χ0v) is 15.4. The summed E-state index contributed by atoms with van der Waals surface area (Å²) in [5, 5.41) is 5.24. The van der Waals surface area contributed by atoms with Gasteiger partial charge in [-0.3, -0.25) is 9.89 Å². The van der Waals surface area contributed by atoms with Crippen LogP contribution in [0.4, 0.5) is 18.0 Å². The highest BCUT2D eigenvalue weighted by molar-refractivity contribution is 5.95. The fourth-order valence-electron chi connectivity index (χ4n) is 4.60. The summed E-state index contributed by atoms with van der Waals surface area (Å²) in [4.78, 5) is 28.1. The molecule has 3 aliphatic rings. The molecule has 0 aromatic carbocycles. The van der Waals surface area contributed by atoms with Crippen LogP contribution in [0.1, 0.15) is 61.0 Å². The molecule has 7 nitrogen and oxygen atoms in total. The number of carbonyl (C=O) groups excluding carboxylic acids is 2. The average Bonchev–Trinajstić information content (AvgIpc) is 3.27. The summed E-state index contributed by atoms with van der Waals surface area (Å²) < 4.78 is 44.7. The van der Waals surface area contributed by atoms with Crippen LogP contribution in [0.25, 0.3) is 0 Å². The van der Waals surface area contributed by atoms with Crippen molar-refractivity contribution >= 4 is 12.0 Å². The molecule has 0 unspecified atom stereocenters. The van der Waals surface area contributed by atoms with Crippen LogP contribution in [-0.2, 0) is 10.9 Å².